The number of nitrogens with zero attached hydrogens (tertiary/aromatic N) is 1. The number of ether oxygens (including phenoxy) is 1. The number of pyridine rings is 1. The van der Waals surface area contributed by atoms with E-state index in [0.29, 0.717) is 12.2 Å². The molecular formula is C26H21F2NO3. The number of carboxylic acids is 1. The highest BCUT2D eigenvalue weighted by atomic mass is 19.1. The molecule has 0 saturated heterocycles. The van der Waals surface area contributed by atoms with Crippen LogP contribution in [0.5, 0.6) is 5.75 Å². The van der Waals surface area contributed by atoms with Crippen LogP contribution in [0.4, 0.5) is 8.78 Å². The summed E-state index contributed by atoms with van der Waals surface area (Å²) < 4.78 is 34.4. The van der Waals surface area contributed by atoms with Gasteiger partial charge in [0, 0.05) is 10.9 Å². The normalized spacial score (nSPS) is 11.0. The molecule has 0 atom stereocenters. The third-order valence-corrected chi connectivity index (χ3v) is 5.18. The van der Waals surface area contributed by atoms with Crippen molar-refractivity contribution in [2.75, 3.05) is 6.61 Å². The number of carboxylic acid groups (broad SMARTS) is 1. The highest BCUT2D eigenvalue weighted by Gasteiger charge is 2.16. The van der Waals surface area contributed by atoms with Gasteiger partial charge in [0.25, 0.3) is 0 Å². The number of hydrogen-bond donors (Lipinski definition) is 1. The van der Waals surface area contributed by atoms with Crippen LogP contribution in [0.3, 0.4) is 0 Å². The Kier molecular flexibility index (Phi) is 6.12. The SMILES string of the molecule is CCCCOc1cccc(-c2ccc(-c3cc(C(=O)O)c4cc(F)ccc4n3)c(F)c2)c1. The van der Waals surface area contributed by atoms with E-state index < -0.39 is 17.6 Å². The molecule has 32 heavy (non-hydrogen) atoms. The van der Waals surface area contributed by atoms with E-state index in [-0.39, 0.29) is 27.7 Å². The minimum absolute atomic E-state index is 0.134. The Balaban J connectivity index is 1.71. The molecule has 0 aliphatic rings. The maximum atomic E-state index is 15.1. The zero-order valence-corrected chi connectivity index (χ0v) is 17.4. The maximum absolute atomic E-state index is 15.1. The van der Waals surface area contributed by atoms with Gasteiger partial charge in [0.1, 0.15) is 17.4 Å². The van der Waals surface area contributed by atoms with Crippen LogP contribution >= 0.6 is 0 Å². The van der Waals surface area contributed by atoms with Gasteiger partial charge in [-0.15, -0.1) is 0 Å². The number of benzene rings is 3. The monoisotopic (exact) mass is 433 g/mol. The number of fused-ring (bicyclic) bond motifs is 1. The van der Waals surface area contributed by atoms with Crippen molar-refractivity contribution in [2.24, 2.45) is 0 Å². The van der Waals surface area contributed by atoms with Crippen LogP contribution in [0.2, 0.25) is 0 Å². The number of aromatic nitrogens is 1. The minimum atomic E-state index is -1.24. The lowest BCUT2D eigenvalue weighted by atomic mass is 10.00. The highest BCUT2D eigenvalue weighted by molar-refractivity contribution is 6.03. The molecule has 0 unspecified atom stereocenters. The third-order valence-electron chi connectivity index (χ3n) is 5.18. The van der Waals surface area contributed by atoms with E-state index in [1.807, 2.05) is 24.3 Å². The lowest BCUT2D eigenvalue weighted by Crippen LogP contribution is -2.01. The van der Waals surface area contributed by atoms with E-state index in [2.05, 4.69) is 11.9 Å². The lowest BCUT2D eigenvalue weighted by molar-refractivity contribution is 0.0699. The highest BCUT2D eigenvalue weighted by Crippen LogP contribution is 2.31. The van der Waals surface area contributed by atoms with E-state index in [1.54, 1.807) is 12.1 Å². The summed E-state index contributed by atoms with van der Waals surface area (Å²) in [5.41, 5.74) is 1.94. The van der Waals surface area contributed by atoms with Crippen LogP contribution < -0.4 is 4.74 Å². The van der Waals surface area contributed by atoms with Gasteiger partial charge in [-0.2, -0.15) is 0 Å². The number of aromatic carboxylic acids is 1. The Morgan fingerprint density at radius 2 is 1.81 bits per heavy atom. The van der Waals surface area contributed by atoms with Crippen molar-refractivity contribution >= 4 is 16.9 Å². The van der Waals surface area contributed by atoms with Gasteiger partial charge < -0.3 is 9.84 Å². The molecular weight excluding hydrogens is 412 g/mol. The second-order valence-electron chi connectivity index (χ2n) is 7.45. The van der Waals surface area contributed by atoms with Gasteiger partial charge in [-0.25, -0.2) is 18.6 Å². The van der Waals surface area contributed by atoms with Crippen LogP contribution in [0.25, 0.3) is 33.3 Å². The van der Waals surface area contributed by atoms with Crippen LogP contribution in [0.1, 0.15) is 30.1 Å². The fourth-order valence-corrected chi connectivity index (χ4v) is 3.52. The van der Waals surface area contributed by atoms with E-state index in [9.17, 15) is 14.3 Å². The summed E-state index contributed by atoms with van der Waals surface area (Å²) in [7, 11) is 0. The molecule has 162 valence electrons. The lowest BCUT2D eigenvalue weighted by Gasteiger charge is -2.11. The minimum Gasteiger partial charge on any atom is -0.494 e. The second kappa shape index (κ2) is 9.14. The zero-order valence-electron chi connectivity index (χ0n) is 17.4. The Labute approximate surface area is 184 Å². The Hall–Kier alpha value is -3.80. The van der Waals surface area contributed by atoms with Crippen molar-refractivity contribution in [2.45, 2.75) is 19.8 Å². The van der Waals surface area contributed by atoms with E-state index >= 15 is 4.39 Å². The summed E-state index contributed by atoms with van der Waals surface area (Å²) in [5, 5.41) is 9.72. The van der Waals surface area contributed by atoms with E-state index in [1.165, 1.54) is 24.3 Å². The quantitative estimate of drug-likeness (QED) is 0.329. The average Bonchev–Trinajstić information content (AvgIpc) is 2.78. The molecule has 1 heterocycles. The van der Waals surface area contributed by atoms with Crippen molar-refractivity contribution in [3.8, 4) is 28.1 Å². The van der Waals surface area contributed by atoms with Gasteiger partial charge in [-0.1, -0.05) is 31.5 Å². The maximum Gasteiger partial charge on any atom is 0.336 e. The van der Waals surface area contributed by atoms with Crippen molar-refractivity contribution < 1.29 is 23.4 Å². The second-order valence-corrected chi connectivity index (χ2v) is 7.45. The summed E-state index contributed by atoms with van der Waals surface area (Å²) in [6.07, 6.45) is 1.99. The van der Waals surface area contributed by atoms with Gasteiger partial charge in [0.15, 0.2) is 0 Å². The molecule has 1 N–H and O–H groups in total. The molecule has 4 nitrogen and oxygen atoms in total. The molecule has 4 rings (SSSR count). The molecule has 0 amide bonds. The molecule has 0 fully saturated rings. The molecule has 0 aliphatic carbocycles. The third kappa shape index (κ3) is 4.44. The topological polar surface area (TPSA) is 59.4 Å². The smallest absolute Gasteiger partial charge is 0.336 e. The molecule has 4 aromatic rings. The summed E-state index contributed by atoms with van der Waals surface area (Å²) in [4.78, 5) is 16.1. The van der Waals surface area contributed by atoms with Gasteiger partial charge in [-0.3, -0.25) is 0 Å². The molecule has 0 bridgehead atoms. The average molecular weight is 433 g/mol. The summed E-state index contributed by atoms with van der Waals surface area (Å²) in [6, 6.07) is 17.1. The van der Waals surface area contributed by atoms with Crippen molar-refractivity contribution in [3.05, 3.63) is 83.9 Å². The Morgan fingerprint density at radius 1 is 1.00 bits per heavy atom. The number of unbranched alkanes of at least 4 members (excludes halogenated alkanes) is 1. The first-order chi connectivity index (χ1) is 15.5. The Bertz CT molecular complexity index is 1300. The largest absolute Gasteiger partial charge is 0.494 e. The Morgan fingerprint density at radius 3 is 2.56 bits per heavy atom. The number of halogens is 2. The first-order valence-corrected chi connectivity index (χ1v) is 10.3. The first-order valence-electron chi connectivity index (χ1n) is 10.3. The molecule has 1 aromatic heterocycles. The number of rotatable bonds is 7. The fraction of sp³-hybridized carbons (Fsp3) is 0.154. The van der Waals surface area contributed by atoms with Crippen LogP contribution in [0, 0.1) is 11.6 Å². The van der Waals surface area contributed by atoms with Crippen LogP contribution in [-0.4, -0.2) is 22.7 Å². The van der Waals surface area contributed by atoms with Crippen molar-refractivity contribution in [1.82, 2.24) is 4.98 Å². The molecule has 3 aromatic carbocycles. The van der Waals surface area contributed by atoms with E-state index in [0.717, 1.165) is 30.2 Å². The van der Waals surface area contributed by atoms with Crippen molar-refractivity contribution in [3.63, 3.8) is 0 Å². The molecule has 0 saturated carbocycles. The zero-order chi connectivity index (χ0) is 22.7. The standard InChI is InChI=1S/C26H21F2NO3/c1-2-3-11-32-19-6-4-5-16(12-19)17-7-9-20(23(28)13-17)25-15-22(26(30)31)21-14-18(27)8-10-24(21)29-25/h4-10,12-15H,2-3,11H2,1H3,(H,30,31). The van der Waals surface area contributed by atoms with Gasteiger partial charge >= 0.3 is 5.97 Å². The predicted molar refractivity (Wildman–Crippen MR) is 120 cm³/mol. The number of carbonyl (C=O) groups is 1. The summed E-state index contributed by atoms with van der Waals surface area (Å²) in [6.45, 7) is 2.71. The van der Waals surface area contributed by atoms with Gasteiger partial charge in [0.05, 0.1) is 23.4 Å². The predicted octanol–water partition coefficient (Wildman–Crippen LogP) is 6.72. The molecule has 0 spiro atoms. The summed E-state index contributed by atoms with van der Waals surface area (Å²) >= 11 is 0. The van der Waals surface area contributed by atoms with Crippen LogP contribution in [0.15, 0.2) is 66.7 Å². The summed E-state index contributed by atoms with van der Waals surface area (Å²) in [5.74, 6) is -1.62. The van der Waals surface area contributed by atoms with Gasteiger partial charge in [0.2, 0.25) is 0 Å². The van der Waals surface area contributed by atoms with Crippen molar-refractivity contribution in [1.29, 1.82) is 0 Å². The van der Waals surface area contributed by atoms with Gasteiger partial charge in [-0.05, 0) is 66.1 Å². The molecule has 0 aliphatic heterocycles. The first kappa shape index (κ1) is 21.4. The molecule has 0 radical (unpaired) electrons. The fourth-order valence-electron chi connectivity index (χ4n) is 3.52. The van der Waals surface area contributed by atoms with Crippen LogP contribution in [-0.2, 0) is 0 Å². The number of hydrogen-bond acceptors (Lipinski definition) is 3. The van der Waals surface area contributed by atoms with E-state index in [4.69, 9.17) is 4.74 Å². The molecule has 6 heteroatoms.